The van der Waals surface area contributed by atoms with Crippen molar-refractivity contribution in [3.63, 3.8) is 0 Å². The van der Waals surface area contributed by atoms with Crippen molar-refractivity contribution in [2.75, 3.05) is 0 Å². The summed E-state index contributed by atoms with van der Waals surface area (Å²) in [6.07, 6.45) is -9.76. The molecule has 15 N–H and O–H groups in total. The molecule has 3 aliphatic heterocycles. The topological polar surface area (TPSA) is 331 Å². The summed E-state index contributed by atoms with van der Waals surface area (Å²) in [7, 11) is 0. The molecule has 0 unspecified atom stereocenters. The van der Waals surface area contributed by atoms with Gasteiger partial charge in [0.1, 0.15) is 70.1 Å². The molecular formula is C45H38O18. The number of hydrogen-bond donors (Lipinski definition) is 15. The highest BCUT2D eigenvalue weighted by Gasteiger charge is 2.50. The van der Waals surface area contributed by atoms with Gasteiger partial charge in [0.2, 0.25) is 0 Å². The maximum absolute atomic E-state index is 12.3. The second-order valence-electron chi connectivity index (χ2n) is 15.7. The standard InChI is InChI=1S/C45H38O18/c46-18-10-26(53)33-32(11-18)62-43(16-2-5-21(48)24(51)8-16)40(59)37(33)35-27(54)13-28(55)36-38(41(60)44(63-45(35)36)17-3-6-22(49)25(52)9-17)34-29(56)14-31-19(39(34)58)12-30(57)42(61-31)15-1-4-20(47)23(50)7-15/h1-11,13-14,30,37-38,40-44,46-60H,12H2/t30-,37-,38+,40-,41-,42-,43+,44+/m0/s1. The Labute approximate surface area is 354 Å². The van der Waals surface area contributed by atoms with Crippen LogP contribution in [0.2, 0.25) is 0 Å². The lowest BCUT2D eigenvalue weighted by atomic mass is 9.73. The van der Waals surface area contributed by atoms with Crippen molar-refractivity contribution in [2.45, 2.75) is 54.9 Å². The molecule has 8 atom stereocenters. The third-order valence-electron chi connectivity index (χ3n) is 11.8. The molecule has 0 spiro atoms. The third-order valence-corrected chi connectivity index (χ3v) is 11.8. The van der Waals surface area contributed by atoms with Crippen LogP contribution in [0.5, 0.6) is 86.2 Å². The molecule has 326 valence electrons. The molecule has 0 fully saturated rings. The normalized spacial score (nSPS) is 23.6. The van der Waals surface area contributed by atoms with Crippen molar-refractivity contribution in [3.8, 4) is 86.2 Å². The van der Waals surface area contributed by atoms with E-state index in [4.69, 9.17) is 14.2 Å². The van der Waals surface area contributed by atoms with Gasteiger partial charge in [-0.3, -0.25) is 0 Å². The minimum Gasteiger partial charge on any atom is -0.508 e. The molecule has 0 amide bonds. The van der Waals surface area contributed by atoms with Gasteiger partial charge in [0.25, 0.3) is 0 Å². The van der Waals surface area contributed by atoms with E-state index in [-0.39, 0.29) is 56.9 Å². The molecular weight excluding hydrogens is 828 g/mol. The molecule has 9 rings (SSSR count). The Hall–Kier alpha value is -7.80. The molecule has 0 bridgehead atoms. The van der Waals surface area contributed by atoms with Crippen LogP contribution in [0.4, 0.5) is 0 Å². The Bertz CT molecular complexity index is 2840. The highest BCUT2D eigenvalue weighted by Crippen LogP contribution is 2.62. The first-order valence-corrected chi connectivity index (χ1v) is 19.3. The number of phenols is 12. The molecule has 0 aromatic heterocycles. The Balaban J connectivity index is 1.26. The predicted molar refractivity (Wildman–Crippen MR) is 214 cm³/mol. The zero-order chi connectivity index (χ0) is 44.9. The second-order valence-corrected chi connectivity index (χ2v) is 15.7. The van der Waals surface area contributed by atoms with Crippen molar-refractivity contribution in [3.05, 3.63) is 123 Å². The zero-order valence-electron chi connectivity index (χ0n) is 32.3. The Kier molecular flexibility index (Phi) is 9.46. The fourth-order valence-electron chi connectivity index (χ4n) is 8.93. The summed E-state index contributed by atoms with van der Waals surface area (Å²) in [6.45, 7) is 0. The van der Waals surface area contributed by atoms with Crippen molar-refractivity contribution in [1.29, 1.82) is 0 Å². The zero-order valence-corrected chi connectivity index (χ0v) is 32.3. The number of aromatic hydroxyl groups is 12. The summed E-state index contributed by atoms with van der Waals surface area (Å²) in [6, 6.07) is 14.6. The monoisotopic (exact) mass is 866 g/mol. The molecule has 3 aliphatic rings. The van der Waals surface area contributed by atoms with E-state index in [9.17, 15) is 76.6 Å². The highest BCUT2D eigenvalue weighted by atomic mass is 16.5. The van der Waals surface area contributed by atoms with E-state index in [0.717, 1.165) is 48.5 Å². The Morgan fingerprint density at radius 2 is 0.825 bits per heavy atom. The average molecular weight is 867 g/mol. The van der Waals surface area contributed by atoms with Gasteiger partial charge in [0, 0.05) is 58.5 Å². The number of benzene rings is 6. The number of ether oxygens (including phenoxy) is 3. The fraction of sp³-hybridized carbons (Fsp3) is 0.200. The van der Waals surface area contributed by atoms with Crippen molar-refractivity contribution < 1.29 is 90.8 Å². The van der Waals surface area contributed by atoms with Crippen LogP contribution in [-0.4, -0.2) is 94.9 Å². The second kappa shape index (κ2) is 14.7. The maximum Gasteiger partial charge on any atom is 0.157 e. The third kappa shape index (κ3) is 6.46. The molecule has 0 saturated heterocycles. The minimum atomic E-state index is -1.91. The van der Waals surface area contributed by atoms with Gasteiger partial charge in [-0.1, -0.05) is 18.2 Å². The van der Waals surface area contributed by atoms with Crippen LogP contribution in [-0.2, 0) is 6.42 Å². The lowest BCUT2D eigenvalue weighted by Crippen LogP contribution is -2.38. The predicted octanol–water partition coefficient (Wildman–Crippen LogP) is 4.44. The molecule has 6 aromatic carbocycles. The number of phenolic OH excluding ortho intramolecular Hbond substituents is 12. The number of rotatable bonds is 5. The molecule has 0 aliphatic carbocycles. The molecule has 18 nitrogen and oxygen atoms in total. The largest absolute Gasteiger partial charge is 0.508 e. The first-order chi connectivity index (χ1) is 29.9. The summed E-state index contributed by atoms with van der Waals surface area (Å²) >= 11 is 0. The summed E-state index contributed by atoms with van der Waals surface area (Å²) in [4.78, 5) is 0. The number of hydrogen-bond acceptors (Lipinski definition) is 18. The lowest BCUT2D eigenvalue weighted by molar-refractivity contribution is -0.00377. The quantitative estimate of drug-likeness (QED) is 0.106. The SMILES string of the molecule is Oc1cc(O)c2c(c1)O[C@H](c1ccc(O)c(O)c1)[C@@H](O)[C@@H]2c1c(O)cc(O)c2c1O[C@H](c1ccc(O)c(O)c1)[C@@H](O)[C@@H]2c1c(O)cc2c(c1O)C[C@H](O)[C@H](c1ccc(O)c(O)c1)O2. The van der Waals surface area contributed by atoms with E-state index in [1.807, 2.05) is 0 Å². The number of aliphatic hydroxyl groups excluding tert-OH is 3. The van der Waals surface area contributed by atoms with Crippen molar-refractivity contribution in [1.82, 2.24) is 0 Å². The van der Waals surface area contributed by atoms with Crippen LogP contribution in [0.1, 0.15) is 74.7 Å². The van der Waals surface area contributed by atoms with E-state index < -0.39 is 129 Å². The molecule has 3 heterocycles. The Morgan fingerprint density at radius 1 is 0.381 bits per heavy atom. The van der Waals surface area contributed by atoms with E-state index >= 15 is 0 Å². The van der Waals surface area contributed by atoms with Gasteiger partial charge in [0.15, 0.2) is 46.7 Å². The maximum atomic E-state index is 12.3. The van der Waals surface area contributed by atoms with Gasteiger partial charge in [-0.25, -0.2) is 0 Å². The fourth-order valence-corrected chi connectivity index (χ4v) is 8.93. The van der Waals surface area contributed by atoms with E-state index in [2.05, 4.69) is 0 Å². The number of aliphatic hydroxyl groups is 3. The van der Waals surface area contributed by atoms with Gasteiger partial charge >= 0.3 is 0 Å². The van der Waals surface area contributed by atoms with Gasteiger partial charge in [0.05, 0.1) is 17.9 Å². The summed E-state index contributed by atoms with van der Waals surface area (Å²) in [5.41, 5.74) is -1.17. The van der Waals surface area contributed by atoms with Crippen LogP contribution in [0.25, 0.3) is 0 Å². The number of fused-ring (bicyclic) bond motifs is 3. The van der Waals surface area contributed by atoms with Crippen LogP contribution >= 0.6 is 0 Å². The van der Waals surface area contributed by atoms with Crippen LogP contribution in [0, 0.1) is 0 Å². The van der Waals surface area contributed by atoms with Crippen LogP contribution < -0.4 is 14.2 Å². The molecule has 0 radical (unpaired) electrons. The van der Waals surface area contributed by atoms with Crippen LogP contribution in [0.3, 0.4) is 0 Å². The lowest BCUT2D eigenvalue weighted by Gasteiger charge is -2.42. The minimum absolute atomic E-state index is 0.0175. The van der Waals surface area contributed by atoms with Gasteiger partial charge < -0.3 is 90.8 Å². The first kappa shape index (κ1) is 40.6. The van der Waals surface area contributed by atoms with E-state index in [0.29, 0.717) is 0 Å². The summed E-state index contributed by atoms with van der Waals surface area (Å²) in [5, 5.41) is 166. The van der Waals surface area contributed by atoms with Crippen LogP contribution in [0.15, 0.2) is 78.9 Å². The average Bonchev–Trinajstić information content (AvgIpc) is 3.22. The summed E-state index contributed by atoms with van der Waals surface area (Å²) in [5.74, 6) is -11.5. The summed E-state index contributed by atoms with van der Waals surface area (Å²) < 4.78 is 18.5. The first-order valence-electron chi connectivity index (χ1n) is 19.3. The molecule has 0 saturated carbocycles. The molecule has 6 aromatic rings. The molecule has 63 heavy (non-hydrogen) atoms. The van der Waals surface area contributed by atoms with Gasteiger partial charge in [-0.05, 0) is 53.1 Å². The highest BCUT2D eigenvalue weighted by molar-refractivity contribution is 5.70. The van der Waals surface area contributed by atoms with Gasteiger partial charge in [-0.15, -0.1) is 0 Å². The van der Waals surface area contributed by atoms with E-state index in [1.165, 1.54) is 30.3 Å². The Morgan fingerprint density at radius 3 is 1.35 bits per heavy atom. The molecule has 18 heteroatoms. The van der Waals surface area contributed by atoms with Gasteiger partial charge in [-0.2, -0.15) is 0 Å². The van der Waals surface area contributed by atoms with Crippen molar-refractivity contribution >= 4 is 0 Å². The van der Waals surface area contributed by atoms with E-state index in [1.54, 1.807) is 0 Å². The smallest absolute Gasteiger partial charge is 0.157 e. The van der Waals surface area contributed by atoms with Crippen molar-refractivity contribution in [2.24, 2.45) is 0 Å².